The van der Waals surface area contributed by atoms with Crippen molar-refractivity contribution in [1.29, 1.82) is 0 Å². The second-order valence-corrected chi connectivity index (χ2v) is 5.29. The Morgan fingerprint density at radius 2 is 2.47 bits per heavy atom. The summed E-state index contributed by atoms with van der Waals surface area (Å²) in [7, 11) is 0. The SMILES string of the molecule is Cc1sccc1C(O)CC1CCCCO1. The summed E-state index contributed by atoms with van der Waals surface area (Å²) in [6.45, 7) is 2.92. The van der Waals surface area contributed by atoms with Crippen LogP contribution in [-0.2, 0) is 4.74 Å². The molecule has 0 aromatic carbocycles. The molecule has 3 heteroatoms. The van der Waals surface area contributed by atoms with Crippen LogP contribution in [0.3, 0.4) is 0 Å². The smallest absolute Gasteiger partial charge is 0.0825 e. The van der Waals surface area contributed by atoms with E-state index in [0.717, 1.165) is 25.0 Å². The lowest BCUT2D eigenvalue weighted by molar-refractivity contribution is -0.0155. The number of aliphatic hydroxyl groups excluding tert-OH is 1. The van der Waals surface area contributed by atoms with Crippen molar-refractivity contribution in [2.75, 3.05) is 6.61 Å². The van der Waals surface area contributed by atoms with Crippen LogP contribution < -0.4 is 0 Å². The predicted octanol–water partition coefficient (Wildman–Crippen LogP) is 3.05. The van der Waals surface area contributed by atoms with Crippen molar-refractivity contribution in [3.05, 3.63) is 21.9 Å². The molecule has 2 heterocycles. The van der Waals surface area contributed by atoms with E-state index in [1.807, 2.05) is 11.4 Å². The number of hydrogen-bond acceptors (Lipinski definition) is 3. The predicted molar refractivity (Wildman–Crippen MR) is 62.2 cm³/mol. The summed E-state index contributed by atoms with van der Waals surface area (Å²) in [6, 6.07) is 2.02. The first-order valence-electron chi connectivity index (χ1n) is 5.61. The molecule has 2 rings (SSSR count). The topological polar surface area (TPSA) is 29.5 Å². The van der Waals surface area contributed by atoms with Gasteiger partial charge in [-0.3, -0.25) is 0 Å². The molecule has 0 aliphatic carbocycles. The van der Waals surface area contributed by atoms with Crippen LogP contribution in [0.5, 0.6) is 0 Å². The van der Waals surface area contributed by atoms with Gasteiger partial charge in [0, 0.05) is 17.9 Å². The molecule has 1 aromatic heterocycles. The molecule has 1 saturated heterocycles. The van der Waals surface area contributed by atoms with Gasteiger partial charge in [0.2, 0.25) is 0 Å². The molecule has 2 nitrogen and oxygen atoms in total. The van der Waals surface area contributed by atoms with E-state index in [4.69, 9.17) is 4.74 Å². The summed E-state index contributed by atoms with van der Waals surface area (Å²) in [5.41, 5.74) is 1.08. The van der Waals surface area contributed by atoms with Gasteiger partial charge in [-0.2, -0.15) is 0 Å². The highest BCUT2D eigenvalue weighted by atomic mass is 32.1. The van der Waals surface area contributed by atoms with Gasteiger partial charge in [0.25, 0.3) is 0 Å². The third-order valence-electron chi connectivity index (χ3n) is 3.02. The Balaban J connectivity index is 1.91. The van der Waals surface area contributed by atoms with Crippen molar-refractivity contribution in [3.63, 3.8) is 0 Å². The average Bonchev–Trinajstić information content (AvgIpc) is 2.66. The molecular formula is C12H18O2S. The highest BCUT2D eigenvalue weighted by Crippen LogP contribution is 2.28. The van der Waals surface area contributed by atoms with Gasteiger partial charge in [-0.05, 0) is 43.2 Å². The molecule has 0 bridgehead atoms. The molecule has 0 radical (unpaired) electrons. The average molecular weight is 226 g/mol. The maximum absolute atomic E-state index is 10.1. The standard InChI is InChI=1S/C12H18O2S/c1-9-11(5-7-15-9)12(13)8-10-4-2-3-6-14-10/h5,7,10,12-13H,2-4,6,8H2,1H3. The lowest BCUT2D eigenvalue weighted by Crippen LogP contribution is -2.21. The Morgan fingerprint density at radius 3 is 3.07 bits per heavy atom. The summed E-state index contributed by atoms with van der Waals surface area (Å²) >= 11 is 1.69. The third kappa shape index (κ3) is 2.80. The Bertz CT molecular complexity index is 302. The fourth-order valence-corrected chi connectivity index (χ4v) is 2.87. The highest BCUT2D eigenvalue weighted by Gasteiger charge is 2.20. The number of ether oxygens (including phenoxy) is 1. The Labute approximate surface area is 94.9 Å². The first-order valence-corrected chi connectivity index (χ1v) is 6.49. The molecule has 1 aliphatic rings. The Kier molecular flexibility index (Phi) is 3.78. The van der Waals surface area contributed by atoms with Crippen LogP contribution in [0.15, 0.2) is 11.4 Å². The summed E-state index contributed by atoms with van der Waals surface area (Å²) in [4.78, 5) is 1.22. The number of hydrogen-bond donors (Lipinski definition) is 1. The number of aliphatic hydroxyl groups is 1. The molecule has 1 aliphatic heterocycles. The van der Waals surface area contributed by atoms with Crippen molar-refractivity contribution in [2.24, 2.45) is 0 Å². The number of aryl methyl sites for hydroxylation is 1. The van der Waals surface area contributed by atoms with Crippen molar-refractivity contribution >= 4 is 11.3 Å². The Hall–Kier alpha value is -0.380. The summed E-state index contributed by atoms with van der Waals surface area (Å²) in [6.07, 6.45) is 4.16. The van der Waals surface area contributed by atoms with E-state index in [1.54, 1.807) is 11.3 Å². The number of thiophene rings is 1. The molecule has 0 saturated carbocycles. The van der Waals surface area contributed by atoms with Gasteiger partial charge in [0.15, 0.2) is 0 Å². The molecule has 2 atom stereocenters. The van der Waals surface area contributed by atoms with Gasteiger partial charge >= 0.3 is 0 Å². The minimum Gasteiger partial charge on any atom is -0.388 e. The lowest BCUT2D eigenvalue weighted by atomic mass is 9.99. The lowest BCUT2D eigenvalue weighted by Gasteiger charge is -2.24. The van der Waals surface area contributed by atoms with E-state index in [2.05, 4.69) is 6.92 Å². The zero-order valence-corrected chi connectivity index (χ0v) is 9.93. The van der Waals surface area contributed by atoms with Crippen LogP contribution in [-0.4, -0.2) is 17.8 Å². The Morgan fingerprint density at radius 1 is 1.60 bits per heavy atom. The molecule has 15 heavy (non-hydrogen) atoms. The molecule has 84 valence electrons. The fourth-order valence-electron chi connectivity index (χ4n) is 2.11. The van der Waals surface area contributed by atoms with Gasteiger partial charge in [-0.15, -0.1) is 11.3 Å². The monoisotopic (exact) mass is 226 g/mol. The van der Waals surface area contributed by atoms with Crippen LogP contribution in [0.1, 0.15) is 42.2 Å². The van der Waals surface area contributed by atoms with Gasteiger partial charge in [-0.1, -0.05) is 0 Å². The third-order valence-corrected chi connectivity index (χ3v) is 3.88. The van der Waals surface area contributed by atoms with Gasteiger partial charge in [-0.25, -0.2) is 0 Å². The highest BCUT2D eigenvalue weighted by molar-refractivity contribution is 7.10. The van der Waals surface area contributed by atoms with Gasteiger partial charge in [0.05, 0.1) is 12.2 Å². The van der Waals surface area contributed by atoms with E-state index in [9.17, 15) is 5.11 Å². The maximum Gasteiger partial charge on any atom is 0.0825 e. The second kappa shape index (κ2) is 5.10. The van der Waals surface area contributed by atoms with Crippen molar-refractivity contribution < 1.29 is 9.84 Å². The quantitative estimate of drug-likeness (QED) is 0.858. The molecular weight excluding hydrogens is 208 g/mol. The minimum atomic E-state index is -0.348. The van der Waals surface area contributed by atoms with E-state index < -0.39 is 0 Å². The van der Waals surface area contributed by atoms with E-state index in [-0.39, 0.29) is 12.2 Å². The van der Waals surface area contributed by atoms with E-state index in [1.165, 1.54) is 17.7 Å². The minimum absolute atomic E-state index is 0.257. The van der Waals surface area contributed by atoms with E-state index >= 15 is 0 Å². The second-order valence-electron chi connectivity index (χ2n) is 4.17. The zero-order valence-electron chi connectivity index (χ0n) is 9.11. The van der Waals surface area contributed by atoms with Gasteiger partial charge in [0.1, 0.15) is 0 Å². The molecule has 1 aromatic rings. The maximum atomic E-state index is 10.1. The van der Waals surface area contributed by atoms with Crippen LogP contribution in [0.4, 0.5) is 0 Å². The number of rotatable bonds is 3. The van der Waals surface area contributed by atoms with E-state index in [0.29, 0.717) is 0 Å². The summed E-state index contributed by atoms with van der Waals surface area (Å²) in [5.74, 6) is 0. The zero-order chi connectivity index (χ0) is 10.7. The molecule has 1 N–H and O–H groups in total. The normalized spacial score (nSPS) is 24.0. The van der Waals surface area contributed by atoms with Crippen molar-refractivity contribution in [3.8, 4) is 0 Å². The van der Waals surface area contributed by atoms with Gasteiger partial charge < -0.3 is 9.84 Å². The first-order chi connectivity index (χ1) is 7.27. The molecule has 0 amide bonds. The molecule has 1 fully saturated rings. The first kappa shape index (κ1) is 11.1. The van der Waals surface area contributed by atoms with Crippen LogP contribution in [0.2, 0.25) is 0 Å². The summed E-state index contributed by atoms with van der Waals surface area (Å²) < 4.78 is 5.63. The molecule has 2 unspecified atom stereocenters. The van der Waals surface area contributed by atoms with Crippen LogP contribution in [0.25, 0.3) is 0 Å². The summed E-state index contributed by atoms with van der Waals surface area (Å²) in [5, 5.41) is 12.1. The van der Waals surface area contributed by atoms with Crippen molar-refractivity contribution in [2.45, 2.75) is 44.8 Å². The largest absolute Gasteiger partial charge is 0.388 e. The van der Waals surface area contributed by atoms with Crippen LogP contribution >= 0.6 is 11.3 Å². The molecule has 0 spiro atoms. The van der Waals surface area contributed by atoms with Crippen molar-refractivity contribution in [1.82, 2.24) is 0 Å². The fraction of sp³-hybridized carbons (Fsp3) is 0.667. The van der Waals surface area contributed by atoms with Crippen LogP contribution in [0, 0.1) is 6.92 Å².